The average Bonchev–Trinajstić information content (AvgIpc) is 2.98. The second kappa shape index (κ2) is 4.43. The van der Waals surface area contributed by atoms with Crippen LogP contribution in [0.15, 0.2) is 5.16 Å². The van der Waals surface area contributed by atoms with Crippen molar-refractivity contribution in [1.82, 2.24) is 19.6 Å². The summed E-state index contributed by atoms with van der Waals surface area (Å²) in [6, 6.07) is 0. The van der Waals surface area contributed by atoms with Gasteiger partial charge in [0.25, 0.3) is 0 Å². The van der Waals surface area contributed by atoms with Crippen molar-refractivity contribution in [3.8, 4) is 0 Å². The summed E-state index contributed by atoms with van der Waals surface area (Å²) in [5.74, 6) is 1.76. The summed E-state index contributed by atoms with van der Waals surface area (Å²) >= 11 is 3.47. The van der Waals surface area contributed by atoms with Crippen LogP contribution in [0.25, 0.3) is 15.9 Å². The number of thiophene rings is 1. The lowest BCUT2D eigenvalue weighted by Gasteiger charge is -2.17. The van der Waals surface area contributed by atoms with Crippen molar-refractivity contribution in [3.05, 3.63) is 16.3 Å². The monoisotopic (exact) mass is 304 g/mol. The summed E-state index contributed by atoms with van der Waals surface area (Å²) < 4.78 is 2.10. The Labute approximate surface area is 125 Å². The van der Waals surface area contributed by atoms with Crippen LogP contribution in [-0.2, 0) is 12.8 Å². The fraction of sp³-hybridized carbons (Fsp3) is 0.500. The zero-order valence-corrected chi connectivity index (χ0v) is 13.4. The minimum atomic E-state index is 0.785. The minimum absolute atomic E-state index is 0.785. The van der Waals surface area contributed by atoms with Gasteiger partial charge in [0.1, 0.15) is 10.7 Å². The molecule has 0 N–H and O–H groups in total. The lowest BCUT2D eigenvalue weighted by atomic mass is 9.89. The summed E-state index contributed by atoms with van der Waals surface area (Å²) in [5, 5.41) is 10.9. The van der Waals surface area contributed by atoms with Crippen LogP contribution in [0, 0.1) is 12.8 Å². The van der Waals surface area contributed by atoms with Gasteiger partial charge in [0.05, 0.1) is 5.39 Å². The summed E-state index contributed by atoms with van der Waals surface area (Å²) in [6.07, 6.45) is 5.64. The normalized spacial score (nSPS) is 18.9. The molecule has 104 valence electrons. The summed E-state index contributed by atoms with van der Waals surface area (Å²) in [4.78, 5) is 7.44. The average molecular weight is 304 g/mol. The van der Waals surface area contributed by atoms with Gasteiger partial charge in [0.15, 0.2) is 10.8 Å². The van der Waals surface area contributed by atoms with Crippen molar-refractivity contribution in [2.45, 2.75) is 38.3 Å². The van der Waals surface area contributed by atoms with E-state index in [-0.39, 0.29) is 0 Å². The minimum Gasteiger partial charge on any atom is -0.257 e. The molecule has 0 fully saturated rings. The Kier molecular flexibility index (Phi) is 2.79. The maximum Gasteiger partial charge on any atom is 0.196 e. The van der Waals surface area contributed by atoms with Crippen LogP contribution in [0.2, 0.25) is 0 Å². The van der Waals surface area contributed by atoms with Gasteiger partial charge in [-0.25, -0.2) is 4.98 Å². The Morgan fingerprint density at radius 3 is 3.00 bits per heavy atom. The van der Waals surface area contributed by atoms with Crippen LogP contribution in [0.4, 0.5) is 0 Å². The van der Waals surface area contributed by atoms with E-state index in [0.717, 1.165) is 33.8 Å². The van der Waals surface area contributed by atoms with E-state index in [4.69, 9.17) is 4.98 Å². The third kappa shape index (κ3) is 1.64. The van der Waals surface area contributed by atoms with Gasteiger partial charge in [-0.15, -0.1) is 21.5 Å². The van der Waals surface area contributed by atoms with Crippen molar-refractivity contribution in [3.63, 3.8) is 0 Å². The fourth-order valence-electron chi connectivity index (χ4n) is 3.10. The third-order valence-corrected chi connectivity index (χ3v) is 5.90. The molecule has 4 nitrogen and oxygen atoms in total. The Bertz CT molecular complexity index is 818. The second-order valence-corrected chi connectivity index (χ2v) is 7.39. The van der Waals surface area contributed by atoms with Crippen LogP contribution in [0.1, 0.15) is 29.6 Å². The molecule has 0 amide bonds. The molecule has 1 aliphatic carbocycles. The van der Waals surface area contributed by atoms with E-state index in [1.54, 1.807) is 11.8 Å². The van der Waals surface area contributed by atoms with E-state index >= 15 is 0 Å². The van der Waals surface area contributed by atoms with Crippen LogP contribution in [-0.4, -0.2) is 25.8 Å². The largest absolute Gasteiger partial charge is 0.257 e. The Morgan fingerprint density at radius 1 is 1.35 bits per heavy atom. The van der Waals surface area contributed by atoms with Crippen LogP contribution >= 0.6 is 23.1 Å². The highest BCUT2D eigenvalue weighted by molar-refractivity contribution is 7.98. The van der Waals surface area contributed by atoms with Gasteiger partial charge in [-0.05, 0) is 43.9 Å². The quantitative estimate of drug-likeness (QED) is 0.645. The molecule has 4 rings (SSSR count). The van der Waals surface area contributed by atoms with Gasteiger partial charge in [-0.3, -0.25) is 4.40 Å². The van der Waals surface area contributed by atoms with Crippen molar-refractivity contribution in [2.24, 2.45) is 5.92 Å². The molecule has 0 spiro atoms. The first-order valence-electron chi connectivity index (χ1n) is 6.89. The summed E-state index contributed by atoms with van der Waals surface area (Å²) in [5.41, 5.74) is 2.46. The molecule has 0 saturated heterocycles. The highest BCUT2D eigenvalue weighted by atomic mass is 32.2. The smallest absolute Gasteiger partial charge is 0.196 e. The molecule has 3 heterocycles. The van der Waals surface area contributed by atoms with E-state index in [2.05, 4.69) is 21.5 Å². The first-order chi connectivity index (χ1) is 9.69. The molecule has 0 aliphatic heterocycles. The molecule has 1 atom stereocenters. The molecule has 0 bridgehead atoms. The molecule has 0 aromatic carbocycles. The number of rotatable bonds is 1. The topological polar surface area (TPSA) is 43.1 Å². The highest BCUT2D eigenvalue weighted by Gasteiger charge is 2.24. The van der Waals surface area contributed by atoms with Gasteiger partial charge in [-0.1, -0.05) is 18.7 Å². The summed E-state index contributed by atoms with van der Waals surface area (Å²) in [6.45, 7) is 4.38. The van der Waals surface area contributed by atoms with Crippen LogP contribution in [0.3, 0.4) is 0 Å². The molecular formula is C14H16N4S2. The molecule has 0 radical (unpaired) electrons. The number of aromatic nitrogens is 4. The highest BCUT2D eigenvalue weighted by Crippen LogP contribution is 2.39. The van der Waals surface area contributed by atoms with Gasteiger partial charge in [-0.2, -0.15) is 0 Å². The summed E-state index contributed by atoms with van der Waals surface area (Å²) in [7, 11) is 0. The van der Waals surface area contributed by atoms with Gasteiger partial charge in [0, 0.05) is 4.88 Å². The van der Waals surface area contributed by atoms with E-state index in [1.807, 2.05) is 24.5 Å². The predicted octanol–water partition coefficient (Wildman–Crippen LogP) is 3.49. The molecule has 1 aliphatic rings. The molecule has 3 aromatic rings. The molecule has 20 heavy (non-hydrogen) atoms. The number of hydrogen-bond donors (Lipinski definition) is 0. The lowest BCUT2D eigenvalue weighted by molar-refractivity contribution is 0.509. The first kappa shape index (κ1) is 12.6. The molecule has 0 saturated carbocycles. The number of fused-ring (bicyclic) bond motifs is 5. The van der Waals surface area contributed by atoms with Gasteiger partial charge >= 0.3 is 0 Å². The molecule has 6 heteroatoms. The number of nitrogens with zero attached hydrogens (tertiary/aromatic N) is 4. The van der Waals surface area contributed by atoms with Crippen molar-refractivity contribution < 1.29 is 0 Å². The Balaban J connectivity index is 2.11. The number of hydrogen-bond acceptors (Lipinski definition) is 5. The Morgan fingerprint density at radius 2 is 2.20 bits per heavy atom. The van der Waals surface area contributed by atoms with Crippen LogP contribution < -0.4 is 0 Å². The second-order valence-electron chi connectivity index (χ2n) is 5.54. The van der Waals surface area contributed by atoms with Crippen molar-refractivity contribution in [1.29, 1.82) is 0 Å². The van der Waals surface area contributed by atoms with E-state index < -0.39 is 0 Å². The standard InChI is InChI=1S/C14H16N4S2/c1-7-4-5-9-10(6-7)20-13-11(9)12-16-17-14(19-3)18(12)8(2)15-13/h7H,4-6H2,1-3H3/t7-/m0/s1. The van der Waals surface area contributed by atoms with Crippen LogP contribution in [0.5, 0.6) is 0 Å². The van der Waals surface area contributed by atoms with Crippen molar-refractivity contribution in [2.75, 3.05) is 6.26 Å². The first-order valence-corrected chi connectivity index (χ1v) is 8.93. The van der Waals surface area contributed by atoms with Gasteiger partial charge < -0.3 is 0 Å². The zero-order chi connectivity index (χ0) is 13.9. The van der Waals surface area contributed by atoms with E-state index in [9.17, 15) is 0 Å². The third-order valence-electron chi connectivity index (χ3n) is 4.12. The molecule has 0 unspecified atom stereocenters. The molecular weight excluding hydrogens is 288 g/mol. The lowest BCUT2D eigenvalue weighted by Crippen LogP contribution is -2.08. The maximum atomic E-state index is 4.80. The maximum absolute atomic E-state index is 4.80. The fourth-order valence-corrected chi connectivity index (χ4v) is 5.04. The zero-order valence-electron chi connectivity index (χ0n) is 11.8. The predicted molar refractivity (Wildman–Crippen MR) is 83.9 cm³/mol. The number of thioether (sulfide) groups is 1. The Hall–Kier alpha value is -1.14. The van der Waals surface area contributed by atoms with Gasteiger partial charge in [0.2, 0.25) is 0 Å². The van der Waals surface area contributed by atoms with Crippen molar-refractivity contribution >= 4 is 39.0 Å². The van der Waals surface area contributed by atoms with E-state index in [0.29, 0.717) is 0 Å². The van der Waals surface area contributed by atoms with E-state index in [1.165, 1.54) is 28.7 Å². The molecule has 3 aromatic heterocycles. The number of aryl methyl sites for hydroxylation is 2. The SMILES string of the molecule is CSc1nnc2c3c4c(sc3nc(C)n12)C[C@@H](C)CC4.